The van der Waals surface area contributed by atoms with Crippen molar-refractivity contribution in [3.8, 4) is 10.6 Å². The highest BCUT2D eigenvalue weighted by atomic mass is 32.1. The minimum absolute atomic E-state index is 0.168. The molecule has 1 N–H and O–H groups in total. The van der Waals surface area contributed by atoms with Gasteiger partial charge >= 0.3 is 6.18 Å². The number of halogens is 3. The minimum Gasteiger partial charge on any atom is -0.343 e. The summed E-state index contributed by atoms with van der Waals surface area (Å²) in [5, 5.41) is 7.46. The highest BCUT2D eigenvalue weighted by Crippen LogP contribution is 2.33. The first-order valence-electron chi connectivity index (χ1n) is 7.60. The first-order chi connectivity index (χ1) is 12.2. The quantitative estimate of drug-likeness (QED) is 0.668. The molecule has 136 valence electrons. The number of thiazole rings is 2. The molecule has 2 aromatic heterocycles. The van der Waals surface area contributed by atoms with Crippen molar-refractivity contribution < 1.29 is 18.0 Å². The third-order valence-electron chi connectivity index (χ3n) is 3.60. The molecule has 0 saturated carbocycles. The maximum Gasteiger partial charge on any atom is 0.416 e. The molecular weight excluding hydrogens is 383 g/mol. The molecule has 1 amide bonds. The highest BCUT2D eigenvalue weighted by molar-refractivity contribution is 7.13. The smallest absolute Gasteiger partial charge is 0.343 e. The molecule has 0 fully saturated rings. The summed E-state index contributed by atoms with van der Waals surface area (Å²) in [6.07, 6.45) is -4.42. The van der Waals surface area contributed by atoms with Gasteiger partial charge in [0.15, 0.2) is 0 Å². The zero-order valence-electron chi connectivity index (χ0n) is 13.8. The Labute approximate surface area is 155 Å². The van der Waals surface area contributed by atoms with E-state index < -0.39 is 17.6 Å². The number of aryl methyl sites for hydroxylation is 1. The van der Waals surface area contributed by atoms with Crippen LogP contribution in [-0.2, 0) is 6.18 Å². The Morgan fingerprint density at radius 3 is 2.62 bits per heavy atom. The van der Waals surface area contributed by atoms with Gasteiger partial charge in [0.25, 0.3) is 5.91 Å². The molecule has 1 unspecified atom stereocenters. The van der Waals surface area contributed by atoms with Crippen molar-refractivity contribution in [1.82, 2.24) is 15.3 Å². The van der Waals surface area contributed by atoms with E-state index in [-0.39, 0.29) is 11.7 Å². The third-order valence-corrected chi connectivity index (χ3v) is 5.28. The lowest BCUT2D eigenvalue weighted by Gasteiger charge is -2.10. The van der Waals surface area contributed by atoms with Gasteiger partial charge in [0.2, 0.25) is 0 Å². The van der Waals surface area contributed by atoms with E-state index in [9.17, 15) is 18.0 Å². The molecule has 26 heavy (non-hydrogen) atoms. The first-order valence-corrected chi connectivity index (χ1v) is 9.36. The molecule has 2 heterocycles. The van der Waals surface area contributed by atoms with Crippen LogP contribution in [0.3, 0.4) is 0 Å². The molecule has 0 aliphatic carbocycles. The lowest BCUT2D eigenvalue weighted by Crippen LogP contribution is -2.27. The van der Waals surface area contributed by atoms with Crippen LogP contribution in [0.25, 0.3) is 10.6 Å². The summed E-state index contributed by atoms with van der Waals surface area (Å²) >= 11 is 2.62. The second-order valence-corrected chi connectivity index (χ2v) is 7.52. The topological polar surface area (TPSA) is 54.9 Å². The number of benzene rings is 1. The molecule has 0 aliphatic heterocycles. The van der Waals surface area contributed by atoms with Crippen molar-refractivity contribution in [3.63, 3.8) is 0 Å². The Bertz CT molecular complexity index is 933. The Balaban J connectivity index is 1.76. The van der Waals surface area contributed by atoms with Crippen LogP contribution in [0.2, 0.25) is 0 Å². The van der Waals surface area contributed by atoms with Gasteiger partial charge in [-0.25, -0.2) is 9.97 Å². The van der Waals surface area contributed by atoms with E-state index in [1.807, 2.05) is 19.2 Å². The van der Waals surface area contributed by atoms with Crippen molar-refractivity contribution in [2.45, 2.75) is 26.1 Å². The predicted octanol–water partition coefficient (Wildman–Crippen LogP) is 5.08. The summed E-state index contributed by atoms with van der Waals surface area (Å²) in [6.45, 7) is 3.69. The van der Waals surface area contributed by atoms with Crippen LogP contribution in [0.4, 0.5) is 13.2 Å². The molecule has 1 aromatic carbocycles. The van der Waals surface area contributed by atoms with Crippen LogP contribution in [0.15, 0.2) is 35.0 Å². The van der Waals surface area contributed by atoms with Gasteiger partial charge in [-0.1, -0.05) is 12.1 Å². The Morgan fingerprint density at radius 2 is 1.96 bits per heavy atom. The number of alkyl halides is 3. The van der Waals surface area contributed by atoms with Crippen molar-refractivity contribution in [2.75, 3.05) is 0 Å². The van der Waals surface area contributed by atoms with Crippen LogP contribution in [0, 0.1) is 6.92 Å². The lowest BCUT2D eigenvalue weighted by atomic mass is 10.1. The number of amides is 1. The van der Waals surface area contributed by atoms with Crippen LogP contribution in [0.1, 0.15) is 39.7 Å². The molecule has 0 radical (unpaired) electrons. The van der Waals surface area contributed by atoms with Crippen LogP contribution in [0.5, 0.6) is 0 Å². The summed E-state index contributed by atoms with van der Waals surface area (Å²) in [6, 6.07) is 4.61. The zero-order chi connectivity index (χ0) is 18.9. The normalized spacial score (nSPS) is 12.8. The van der Waals surface area contributed by atoms with Crippen molar-refractivity contribution in [1.29, 1.82) is 0 Å². The largest absolute Gasteiger partial charge is 0.416 e. The number of aromatic nitrogens is 2. The van der Waals surface area contributed by atoms with Crippen molar-refractivity contribution in [2.24, 2.45) is 0 Å². The number of nitrogens with zero attached hydrogens (tertiary/aromatic N) is 2. The molecule has 0 saturated heterocycles. The van der Waals surface area contributed by atoms with Gasteiger partial charge in [0, 0.05) is 16.3 Å². The van der Waals surface area contributed by atoms with Gasteiger partial charge in [-0.2, -0.15) is 13.2 Å². The molecule has 4 nitrogen and oxygen atoms in total. The van der Waals surface area contributed by atoms with Gasteiger partial charge < -0.3 is 5.32 Å². The Hall–Kier alpha value is -2.26. The maximum absolute atomic E-state index is 12.8. The van der Waals surface area contributed by atoms with E-state index in [1.54, 1.807) is 0 Å². The van der Waals surface area contributed by atoms with Gasteiger partial charge in [0.05, 0.1) is 22.3 Å². The number of carbonyl (C=O) groups is 1. The molecule has 0 bridgehead atoms. The number of rotatable bonds is 4. The van der Waals surface area contributed by atoms with Crippen LogP contribution >= 0.6 is 22.7 Å². The SMILES string of the molecule is Cc1nc(C(C)NC(=O)c2csc(-c3cccc(C(F)(F)F)c3)n2)cs1. The third kappa shape index (κ3) is 4.10. The summed E-state index contributed by atoms with van der Waals surface area (Å²) in [7, 11) is 0. The molecule has 0 spiro atoms. The fraction of sp³-hybridized carbons (Fsp3) is 0.235. The van der Waals surface area contributed by atoms with Gasteiger partial charge in [0.1, 0.15) is 10.7 Å². The molecule has 1 atom stereocenters. The molecule has 3 aromatic rings. The summed E-state index contributed by atoms with van der Waals surface area (Å²) in [5.74, 6) is -0.391. The van der Waals surface area contributed by atoms with Crippen LogP contribution in [-0.4, -0.2) is 15.9 Å². The predicted molar refractivity (Wildman–Crippen MR) is 95.3 cm³/mol. The van der Waals surface area contributed by atoms with Gasteiger partial charge in [-0.3, -0.25) is 4.79 Å². The summed E-state index contributed by atoms with van der Waals surface area (Å²) in [5.41, 5.74) is 0.506. The summed E-state index contributed by atoms with van der Waals surface area (Å²) < 4.78 is 38.5. The maximum atomic E-state index is 12.8. The minimum atomic E-state index is -4.42. The van der Waals surface area contributed by atoms with Gasteiger partial charge in [-0.05, 0) is 26.0 Å². The monoisotopic (exact) mass is 397 g/mol. The second-order valence-electron chi connectivity index (χ2n) is 5.60. The van der Waals surface area contributed by atoms with Crippen molar-refractivity contribution in [3.05, 3.63) is 57.0 Å². The van der Waals surface area contributed by atoms with E-state index in [0.29, 0.717) is 10.6 Å². The number of hydrogen-bond donors (Lipinski definition) is 1. The van der Waals surface area contributed by atoms with Crippen LogP contribution < -0.4 is 5.32 Å². The zero-order valence-corrected chi connectivity index (χ0v) is 15.4. The number of nitrogens with one attached hydrogen (secondary N) is 1. The van der Waals surface area contributed by atoms with Gasteiger partial charge in [-0.15, -0.1) is 22.7 Å². The van der Waals surface area contributed by atoms with Crippen molar-refractivity contribution >= 4 is 28.6 Å². The average Bonchev–Trinajstić information content (AvgIpc) is 3.23. The summed E-state index contributed by atoms with van der Waals surface area (Å²) in [4.78, 5) is 20.8. The highest BCUT2D eigenvalue weighted by Gasteiger charge is 2.30. The Kier molecular flexibility index (Phi) is 5.10. The van der Waals surface area contributed by atoms with E-state index in [0.717, 1.165) is 34.2 Å². The molecule has 9 heteroatoms. The van der Waals surface area contributed by atoms with E-state index in [2.05, 4.69) is 15.3 Å². The average molecular weight is 397 g/mol. The Morgan fingerprint density at radius 1 is 1.19 bits per heavy atom. The fourth-order valence-electron chi connectivity index (χ4n) is 2.26. The van der Waals surface area contributed by atoms with E-state index in [4.69, 9.17) is 0 Å². The standard InChI is InChI=1S/C17H14F3N3OS2/c1-9(13-7-25-10(2)22-13)21-15(24)14-8-26-16(23-14)11-4-3-5-12(6-11)17(18,19)20/h3-9H,1-2H3,(H,21,24). The number of hydrogen-bond acceptors (Lipinski definition) is 5. The first kappa shape index (κ1) is 18.5. The second kappa shape index (κ2) is 7.16. The fourth-order valence-corrected chi connectivity index (χ4v) is 3.77. The van der Waals surface area contributed by atoms with E-state index in [1.165, 1.54) is 28.8 Å². The number of carbonyl (C=O) groups excluding carboxylic acids is 1. The lowest BCUT2D eigenvalue weighted by molar-refractivity contribution is -0.137. The molecular formula is C17H14F3N3OS2. The molecule has 3 rings (SSSR count). The molecule has 0 aliphatic rings. The van der Waals surface area contributed by atoms with E-state index >= 15 is 0 Å².